The second kappa shape index (κ2) is 11.5. The first-order chi connectivity index (χ1) is 18.1. The van der Waals surface area contributed by atoms with Gasteiger partial charge in [0.2, 0.25) is 0 Å². The van der Waals surface area contributed by atoms with Crippen LogP contribution in [0.3, 0.4) is 0 Å². The molecule has 0 aliphatic rings. The lowest BCUT2D eigenvalue weighted by Crippen LogP contribution is -2.36. The SMILES string of the molecule is O=C(O)CN(Sc1ccccc1Cl)c1ccc(N(CC(=O)O)S(=O)(=O)c2ccccc2Cl)c2ccccc12. The van der Waals surface area contributed by atoms with Crippen LogP contribution in [0.1, 0.15) is 0 Å². The lowest BCUT2D eigenvalue weighted by Gasteiger charge is -2.28. The maximum atomic E-state index is 13.6. The number of nitrogens with zero attached hydrogens (tertiary/aromatic N) is 2. The predicted octanol–water partition coefficient (Wildman–Crippen LogP) is 6.02. The van der Waals surface area contributed by atoms with Gasteiger partial charge in [0.15, 0.2) is 0 Å². The van der Waals surface area contributed by atoms with Crippen molar-refractivity contribution < 1.29 is 28.2 Å². The minimum atomic E-state index is -4.39. The molecule has 0 spiro atoms. The highest BCUT2D eigenvalue weighted by Crippen LogP contribution is 2.41. The number of hydrogen-bond donors (Lipinski definition) is 2. The van der Waals surface area contributed by atoms with Crippen LogP contribution in [0.2, 0.25) is 10.0 Å². The van der Waals surface area contributed by atoms with Crippen molar-refractivity contribution in [3.8, 4) is 0 Å². The molecule has 4 aromatic carbocycles. The van der Waals surface area contributed by atoms with Crippen LogP contribution in [-0.4, -0.2) is 43.7 Å². The number of sulfonamides is 1. The Morgan fingerprint density at radius 2 is 1.24 bits per heavy atom. The van der Waals surface area contributed by atoms with E-state index in [0.29, 0.717) is 26.4 Å². The minimum Gasteiger partial charge on any atom is -0.480 e. The maximum absolute atomic E-state index is 13.6. The molecule has 0 radical (unpaired) electrons. The summed E-state index contributed by atoms with van der Waals surface area (Å²) < 4.78 is 29.6. The Morgan fingerprint density at radius 3 is 1.84 bits per heavy atom. The lowest BCUT2D eigenvalue weighted by atomic mass is 10.1. The Hall–Kier alpha value is -3.44. The van der Waals surface area contributed by atoms with E-state index in [-0.39, 0.29) is 15.6 Å². The molecule has 0 fully saturated rings. The summed E-state index contributed by atoms with van der Waals surface area (Å²) in [7, 11) is -4.39. The van der Waals surface area contributed by atoms with Crippen LogP contribution in [0.15, 0.2) is 94.7 Å². The number of hydrogen-bond acceptors (Lipinski definition) is 6. The summed E-state index contributed by atoms with van der Waals surface area (Å²) in [6, 6.07) is 22.5. The lowest BCUT2D eigenvalue weighted by molar-refractivity contribution is -0.136. The Bertz CT molecular complexity index is 1630. The zero-order valence-electron chi connectivity index (χ0n) is 19.5. The van der Waals surface area contributed by atoms with Gasteiger partial charge >= 0.3 is 11.9 Å². The second-order valence-electron chi connectivity index (χ2n) is 7.94. The highest BCUT2D eigenvalue weighted by molar-refractivity contribution is 8.00. The second-order valence-corrected chi connectivity index (χ2v) is 11.6. The summed E-state index contributed by atoms with van der Waals surface area (Å²) in [5.41, 5.74) is 0.576. The average molecular weight is 591 g/mol. The number of aliphatic carboxylic acids is 2. The van der Waals surface area contributed by atoms with Gasteiger partial charge in [-0.25, -0.2) is 8.42 Å². The standard InChI is InChI=1S/C26H20Cl2N2O6S2/c27-19-9-3-5-11-23(19)37-29(15-25(31)32)21-13-14-22(18-8-2-1-7-17(18)21)30(16-26(33)34)38(35,36)24-12-6-4-10-20(24)28/h1-14H,15-16H2,(H,31,32)(H,33,34). The summed E-state index contributed by atoms with van der Waals surface area (Å²) in [4.78, 5) is 23.9. The topological polar surface area (TPSA) is 115 Å². The smallest absolute Gasteiger partial charge is 0.324 e. The van der Waals surface area contributed by atoms with E-state index in [4.69, 9.17) is 23.2 Å². The van der Waals surface area contributed by atoms with Gasteiger partial charge in [0.05, 0.1) is 21.4 Å². The zero-order chi connectivity index (χ0) is 27.4. The number of carboxylic acid groups (broad SMARTS) is 2. The summed E-state index contributed by atoms with van der Waals surface area (Å²) >= 11 is 13.6. The number of fused-ring (bicyclic) bond motifs is 1. The minimum absolute atomic E-state index is 0.0485. The van der Waals surface area contributed by atoms with Gasteiger partial charge in [0.25, 0.3) is 10.0 Å². The Labute approximate surface area is 233 Å². The van der Waals surface area contributed by atoms with Gasteiger partial charge in [-0.3, -0.25) is 13.9 Å². The molecule has 0 heterocycles. The number of halogens is 2. The third-order valence-corrected chi connectivity index (χ3v) is 9.22. The average Bonchev–Trinajstić information content (AvgIpc) is 2.87. The number of anilines is 2. The van der Waals surface area contributed by atoms with Crippen molar-refractivity contribution in [1.82, 2.24) is 0 Å². The van der Waals surface area contributed by atoms with E-state index in [0.717, 1.165) is 16.3 Å². The van der Waals surface area contributed by atoms with Crippen molar-refractivity contribution in [3.63, 3.8) is 0 Å². The van der Waals surface area contributed by atoms with E-state index < -0.39 is 35.1 Å². The highest BCUT2D eigenvalue weighted by atomic mass is 35.5. The normalized spacial score (nSPS) is 11.3. The fraction of sp³-hybridized carbons (Fsp3) is 0.0769. The van der Waals surface area contributed by atoms with Gasteiger partial charge in [-0.05, 0) is 48.3 Å². The molecule has 4 rings (SSSR count). The first-order valence-electron chi connectivity index (χ1n) is 11.0. The van der Waals surface area contributed by atoms with Crippen molar-refractivity contribution in [2.24, 2.45) is 0 Å². The van der Waals surface area contributed by atoms with Crippen molar-refractivity contribution in [2.45, 2.75) is 9.79 Å². The van der Waals surface area contributed by atoms with Gasteiger partial charge in [-0.1, -0.05) is 71.7 Å². The largest absolute Gasteiger partial charge is 0.480 e. The molecule has 0 saturated heterocycles. The molecule has 0 aliphatic heterocycles. The molecule has 0 unspecified atom stereocenters. The van der Waals surface area contributed by atoms with E-state index >= 15 is 0 Å². The van der Waals surface area contributed by atoms with Crippen LogP contribution in [0.5, 0.6) is 0 Å². The first-order valence-corrected chi connectivity index (χ1v) is 14.0. The van der Waals surface area contributed by atoms with E-state index in [2.05, 4.69) is 0 Å². The molecule has 2 N–H and O–H groups in total. The predicted molar refractivity (Wildman–Crippen MR) is 150 cm³/mol. The van der Waals surface area contributed by atoms with Gasteiger partial charge in [0, 0.05) is 15.7 Å². The van der Waals surface area contributed by atoms with Crippen molar-refractivity contribution in [2.75, 3.05) is 21.7 Å². The number of benzene rings is 4. The summed E-state index contributed by atoms with van der Waals surface area (Å²) in [6.45, 7) is -1.25. The molecule has 0 amide bonds. The molecule has 0 saturated carbocycles. The van der Waals surface area contributed by atoms with Gasteiger partial charge in [-0.15, -0.1) is 0 Å². The van der Waals surface area contributed by atoms with Crippen molar-refractivity contribution in [3.05, 3.63) is 95.0 Å². The molecule has 196 valence electrons. The van der Waals surface area contributed by atoms with Crippen LogP contribution in [0.25, 0.3) is 10.8 Å². The molecule has 8 nitrogen and oxygen atoms in total. The molecule has 0 aliphatic carbocycles. The fourth-order valence-corrected chi connectivity index (χ4v) is 6.96. The monoisotopic (exact) mass is 590 g/mol. The van der Waals surface area contributed by atoms with Crippen molar-refractivity contribution in [1.29, 1.82) is 0 Å². The number of carbonyl (C=O) groups is 2. The van der Waals surface area contributed by atoms with Crippen LogP contribution in [0, 0.1) is 0 Å². The Morgan fingerprint density at radius 1 is 0.711 bits per heavy atom. The van der Waals surface area contributed by atoms with E-state index in [1.807, 2.05) is 0 Å². The third kappa shape index (κ3) is 5.83. The molecular weight excluding hydrogens is 571 g/mol. The number of rotatable bonds is 10. The third-order valence-electron chi connectivity index (χ3n) is 5.42. The van der Waals surface area contributed by atoms with Crippen LogP contribution in [-0.2, 0) is 19.6 Å². The first kappa shape index (κ1) is 27.6. The van der Waals surface area contributed by atoms with Gasteiger partial charge in [-0.2, -0.15) is 0 Å². The highest BCUT2D eigenvalue weighted by Gasteiger charge is 2.31. The van der Waals surface area contributed by atoms with Crippen LogP contribution >= 0.6 is 35.1 Å². The number of carboxylic acids is 2. The maximum Gasteiger partial charge on any atom is 0.324 e. The molecule has 12 heteroatoms. The van der Waals surface area contributed by atoms with Crippen molar-refractivity contribution >= 4 is 79.3 Å². The van der Waals surface area contributed by atoms with Gasteiger partial charge in [0.1, 0.15) is 18.0 Å². The summed E-state index contributed by atoms with van der Waals surface area (Å²) in [5, 5.41) is 20.5. The van der Waals surface area contributed by atoms with Gasteiger partial charge < -0.3 is 14.5 Å². The molecule has 0 aromatic heterocycles. The molecule has 0 bridgehead atoms. The summed E-state index contributed by atoms with van der Waals surface area (Å²) in [6.07, 6.45) is 0. The Kier molecular flexibility index (Phi) is 8.37. The quantitative estimate of drug-likeness (QED) is 0.215. The van der Waals surface area contributed by atoms with E-state index in [1.165, 1.54) is 28.6 Å². The zero-order valence-corrected chi connectivity index (χ0v) is 22.6. The van der Waals surface area contributed by atoms with Crippen LogP contribution < -0.4 is 8.61 Å². The van der Waals surface area contributed by atoms with Crippen LogP contribution in [0.4, 0.5) is 11.4 Å². The summed E-state index contributed by atoms with van der Waals surface area (Å²) in [5.74, 6) is -2.46. The fourth-order valence-electron chi connectivity index (χ4n) is 3.82. The van der Waals surface area contributed by atoms with E-state index in [9.17, 15) is 28.2 Å². The molecule has 4 aromatic rings. The van der Waals surface area contributed by atoms with E-state index in [1.54, 1.807) is 60.7 Å². The molecule has 38 heavy (non-hydrogen) atoms. The Balaban J connectivity index is 1.90. The molecule has 0 atom stereocenters. The molecular formula is C26H20Cl2N2O6S2.